The van der Waals surface area contributed by atoms with E-state index in [4.69, 9.17) is 9.47 Å². The Balaban J connectivity index is 1.59. The number of anilines is 1. The van der Waals surface area contributed by atoms with Crippen molar-refractivity contribution in [2.75, 3.05) is 38.3 Å². The molecule has 0 radical (unpaired) electrons. The molecule has 3 heterocycles. The first-order valence-corrected chi connectivity index (χ1v) is 11.0. The second kappa shape index (κ2) is 8.00. The summed E-state index contributed by atoms with van der Waals surface area (Å²) in [6, 6.07) is 7.28. The number of ether oxygens (including phenoxy) is 2. The topological polar surface area (TPSA) is 68.0 Å². The SMILES string of the molecule is CC1CCCC1Nc1ccc2c(c1)c(C1=NCCOC1)c(O)n2C1CCOCC1. The average molecular weight is 398 g/mol. The quantitative estimate of drug-likeness (QED) is 0.814. The van der Waals surface area contributed by atoms with Gasteiger partial charge in [-0.25, -0.2) is 0 Å². The number of nitrogens with one attached hydrogen (secondary N) is 1. The van der Waals surface area contributed by atoms with E-state index in [-0.39, 0.29) is 6.04 Å². The molecule has 5 rings (SSSR count). The Hall–Kier alpha value is -2.05. The van der Waals surface area contributed by atoms with Crippen molar-refractivity contribution in [3.63, 3.8) is 0 Å². The highest BCUT2D eigenvalue weighted by atomic mass is 16.5. The molecule has 6 nitrogen and oxygen atoms in total. The Kier molecular flexibility index (Phi) is 5.22. The molecule has 156 valence electrons. The number of hydrogen-bond donors (Lipinski definition) is 2. The number of rotatable bonds is 4. The minimum absolute atomic E-state index is 0.249. The van der Waals surface area contributed by atoms with Crippen LogP contribution in [0.5, 0.6) is 5.88 Å². The third-order valence-corrected chi connectivity index (χ3v) is 6.81. The Labute approximate surface area is 171 Å². The molecular weight excluding hydrogens is 366 g/mol. The van der Waals surface area contributed by atoms with Gasteiger partial charge in [0.1, 0.15) is 0 Å². The fourth-order valence-corrected chi connectivity index (χ4v) is 5.17. The van der Waals surface area contributed by atoms with E-state index in [0.717, 1.165) is 53.9 Å². The van der Waals surface area contributed by atoms with Crippen molar-refractivity contribution in [1.82, 2.24) is 4.57 Å². The molecule has 0 bridgehead atoms. The summed E-state index contributed by atoms with van der Waals surface area (Å²) < 4.78 is 13.3. The minimum Gasteiger partial charge on any atom is -0.494 e. The van der Waals surface area contributed by atoms with Crippen LogP contribution in [0.15, 0.2) is 23.2 Å². The zero-order valence-electron chi connectivity index (χ0n) is 17.2. The summed E-state index contributed by atoms with van der Waals surface area (Å²) in [5, 5.41) is 16.1. The zero-order chi connectivity index (χ0) is 19.8. The molecule has 1 saturated carbocycles. The Bertz CT molecular complexity index is 914. The van der Waals surface area contributed by atoms with E-state index in [1.54, 1.807) is 0 Å². The first kappa shape index (κ1) is 18.9. The van der Waals surface area contributed by atoms with Gasteiger partial charge in [-0.15, -0.1) is 0 Å². The van der Waals surface area contributed by atoms with Crippen LogP contribution in [-0.4, -0.2) is 54.4 Å². The van der Waals surface area contributed by atoms with Crippen LogP contribution in [0.3, 0.4) is 0 Å². The maximum absolute atomic E-state index is 11.3. The monoisotopic (exact) mass is 397 g/mol. The van der Waals surface area contributed by atoms with Gasteiger partial charge < -0.3 is 24.5 Å². The largest absolute Gasteiger partial charge is 0.494 e. The maximum atomic E-state index is 11.3. The molecule has 2 atom stereocenters. The predicted molar refractivity (Wildman–Crippen MR) is 115 cm³/mol. The first-order valence-electron chi connectivity index (χ1n) is 11.0. The number of nitrogens with zero attached hydrogens (tertiary/aromatic N) is 2. The second-order valence-electron chi connectivity index (χ2n) is 8.68. The van der Waals surface area contributed by atoms with E-state index in [1.807, 2.05) is 0 Å². The molecule has 0 amide bonds. The summed E-state index contributed by atoms with van der Waals surface area (Å²) in [5.74, 6) is 1.02. The third-order valence-electron chi connectivity index (χ3n) is 6.81. The average Bonchev–Trinajstić information content (AvgIpc) is 3.28. The lowest BCUT2D eigenvalue weighted by Gasteiger charge is -2.25. The van der Waals surface area contributed by atoms with E-state index in [1.165, 1.54) is 19.3 Å². The summed E-state index contributed by atoms with van der Waals surface area (Å²) in [4.78, 5) is 4.69. The molecule has 3 aliphatic rings. The molecule has 6 heteroatoms. The molecule has 1 aliphatic carbocycles. The molecule has 0 spiro atoms. The molecule has 2 aliphatic heterocycles. The van der Waals surface area contributed by atoms with Crippen LogP contribution >= 0.6 is 0 Å². The number of aromatic hydroxyl groups is 1. The van der Waals surface area contributed by atoms with Gasteiger partial charge in [0.05, 0.1) is 36.6 Å². The molecule has 2 N–H and O–H groups in total. The fourth-order valence-electron chi connectivity index (χ4n) is 5.17. The number of benzene rings is 1. The van der Waals surface area contributed by atoms with Crippen LogP contribution in [0.4, 0.5) is 5.69 Å². The highest BCUT2D eigenvalue weighted by Crippen LogP contribution is 2.40. The summed E-state index contributed by atoms with van der Waals surface area (Å²) in [5.41, 5.74) is 3.90. The Morgan fingerprint density at radius 1 is 1.10 bits per heavy atom. The van der Waals surface area contributed by atoms with Crippen LogP contribution in [0, 0.1) is 5.92 Å². The lowest BCUT2D eigenvalue weighted by atomic mass is 10.0. The lowest BCUT2D eigenvalue weighted by molar-refractivity contribution is 0.0688. The van der Waals surface area contributed by atoms with Crippen molar-refractivity contribution in [3.05, 3.63) is 23.8 Å². The van der Waals surface area contributed by atoms with E-state index < -0.39 is 0 Å². The van der Waals surface area contributed by atoms with Crippen LogP contribution in [0.2, 0.25) is 0 Å². The van der Waals surface area contributed by atoms with Crippen molar-refractivity contribution in [1.29, 1.82) is 0 Å². The van der Waals surface area contributed by atoms with Crippen molar-refractivity contribution in [2.24, 2.45) is 10.9 Å². The Morgan fingerprint density at radius 2 is 1.97 bits per heavy atom. The molecule has 2 unspecified atom stereocenters. The van der Waals surface area contributed by atoms with Gasteiger partial charge in [0.15, 0.2) is 0 Å². The molecule has 29 heavy (non-hydrogen) atoms. The molecular formula is C23H31N3O3. The van der Waals surface area contributed by atoms with E-state index in [0.29, 0.717) is 37.6 Å². The highest BCUT2D eigenvalue weighted by Gasteiger charge is 2.28. The molecule has 1 aromatic carbocycles. The van der Waals surface area contributed by atoms with Gasteiger partial charge in [0.2, 0.25) is 5.88 Å². The predicted octanol–water partition coefficient (Wildman–Crippen LogP) is 4.12. The standard InChI is InChI=1S/C23H31N3O3/c1-15-3-2-4-19(15)25-16-5-6-21-18(13-16)22(20-14-29-12-9-24-20)23(27)26(21)17-7-10-28-11-8-17/h5-6,13,15,17,19,25,27H,2-4,7-12,14H2,1H3. The molecule has 2 aromatic rings. The van der Waals surface area contributed by atoms with E-state index in [2.05, 4.69) is 40.0 Å². The van der Waals surface area contributed by atoms with Gasteiger partial charge in [-0.2, -0.15) is 0 Å². The van der Waals surface area contributed by atoms with Crippen LogP contribution in [0.25, 0.3) is 10.9 Å². The normalized spacial score (nSPS) is 26.0. The van der Waals surface area contributed by atoms with Crippen LogP contribution in [0.1, 0.15) is 50.6 Å². The maximum Gasteiger partial charge on any atom is 0.201 e. The summed E-state index contributed by atoms with van der Waals surface area (Å²) in [7, 11) is 0. The summed E-state index contributed by atoms with van der Waals surface area (Å²) in [6.45, 7) is 5.56. The van der Waals surface area contributed by atoms with Gasteiger partial charge in [0.25, 0.3) is 0 Å². The number of aromatic nitrogens is 1. The lowest BCUT2D eigenvalue weighted by Crippen LogP contribution is -2.21. The second-order valence-corrected chi connectivity index (χ2v) is 8.68. The Morgan fingerprint density at radius 3 is 2.69 bits per heavy atom. The third kappa shape index (κ3) is 3.53. The smallest absolute Gasteiger partial charge is 0.201 e. The van der Waals surface area contributed by atoms with Gasteiger partial charge in [0, 0.05) is 36.4 Å². The fraction of sp³-hybridized carbons (Fsp3) is 0.609. The van der Waals surface area contributed by atoms with E-state index >= 15 is 0 Å². The van der Waals surface area contributed by atoms with Crippen molar-refractivity contribution < 1.29 is 14.6 Å². The van der Waals surface area contributed by atoms with Crippen LogP contribution in [-0.2, 0) is 9.47 Å². The number of fused-ring (bicyclic) bond motifs is 1. The van der Waals surface area contributed by atoms with Crippen molar-refractivity contribution in [3.8, 4) is 5.88 Å². The van der Waals surface area contributed by atoms with Gasteiger partial charge >= 0.3 is 0 Å². The first-order chi connectivity index (χ1) is 14.2. The van der Waals surface area contributed by atoms with Gasteiger partial charge in [-0.05, 0) is 49.8 Å². The summed E-state index contributed by atoms with van der Waals surface area (Å²) >= 11 is 0. The van der Waals surface area contributed by atoms with Gasteiger partial charge in [-0.3, -0.25) is 4.99 Å². The minimum atomic E-state index is 0.249. The molecule has 1 aromatic heterocycles. The van der Waals surface area contributed by atoms with E-state index in [9.17, 15) is 5.11 Å². The summed E-state index contributed by atoms with van der Waals surface area (Å²) in [6.07, 6.45) is 5.64. The van der Waals surface area contributed by atoms with Crippen molar-refractivity contribution >= 4 is 22.3 Å². The zero-order valence-corrected chi connectivity index (χ0v) is 17.2. The van der Waals surface area contributed by atoms with Crippen LogP contribution < -0.4 is 5.32 Å². The number of hydrogen-bond acceptors (Lipinski definition) is 5. The van der Waals surface area contributed by atoms with Crippen molar-refractivity contribution in [2.45, 2.75) is 51.1 Å². The number of aliphatic imine (C=N–C) groups is 1. The highest BCUT2D eigenvalue weighted by molar-refractivity contribution is 6.14. The van der Waals surface area contributed by atoms with Gasteiger partial charge in [-0.1, -0.05) is 13.3 Å². The molecule has 2 fully saturated rings. The molecule has 1 saturated heterocycles.